The maximum atomic E-state index is 3.82. The second-order valence-corrected chi connectivity index (χ2v) is 2.90. The van der Waals surface area contributed by atoms with Crippen LogP contribution in [0.4, 0.5) is 0 Å². The lowest BCUT2D eigenvalue weighted by Gasteiger charge is -2.03. The zero-order chi connectivity index (χ0) is 6.20. The van der Waals surface area contributed by atoms with Crippen molar-refractivity contribution in [1.82, 2.24) is 0 Å². The first-order valence-electron chi connectivity index (χ1n) is 3.39. The lowest BCUT2D eigenvalue weighted by Crippen LogP contribution is -1.93. The van der Waals surface area contributed by atoms with Crippen molar-refractivity contribution >= 4 is 0 Å². The van der Waals surface area contributed by atoms with Crippen molar-refractivity contribution in [2.45, 2.75) is 26.7 Å². The molecule has 0 bridgehead atoms. The third kappa shape index (κ3) is 0.594. The largest absolute Gasteiger partial charge is 0.103 e. The molecule has 0 aliphatic heterocycles. The van der Waals surface area contributed by atoms with Gasteiger partial charge in [-0.25, -0.2) is 0 Å². The van der Waals surface area contributed by atoms with E-state index in [-0.39, 0.29) is 0 Å². The van der Waals surface area contributed by atoms with Crippen LogP contribution in [-0.4, -0.2) is 0 Å². The van der Waals surface area contributed by atoms with E-state index in [0.717, 1.165) is 5.92 Å². The predicted molar refractivity (Wildman–Crippen MR) is 36.7 cm³/mol. The Hall–Kier alpha value is -0.260. The third-order valence-corrected chi connectivity index (χ3v) is 2.57. The van der Waals surface area contributed by atoms with Crippen molar-refractivity contribution in [1.29, 1.82) is 0 Å². The molecular weight excluding hydrogens is 96.1 g/mol. The Morgan fingerprint density at radius 1 is 1.88 bits per heavy atom. The van der Waals surface area contributed by atoms with Crippen LogP contribution in [0, 0.1) is 11.3 Å². The van der Waals surface area contributed by atoms with Gasteiger partial charge < -0.3 is 0 Å². The molecule has 1 rings (SSSR count). The van der Waals surface area contributed by atoms with Crippen LogP contribution in [0.5, 0.6) is 0 Å². The highest BCUT2D eigenvalue weighted by Crippen LogP contribution is 2.55. The van der Waals surface area contributed by atoms with Gasteiger partial charge in [0.1, 0.15) is 0 Å². The predicted octanol–water partition coefficient (Wildman–Crippen LogP) is 2.61. The van der Waals surface area contributed by atoms with Gasteiger partial charge in [0, 0.05) is 0 Å². The molecule has 1 saturated carbocycles. The topological polar surface area (TPSA) is 0 Å². The molecule has 0 heterocycles. The molecule has 2 atom stereocenters. The monoisotopic (exact) mass is 110 g/mol. The number of allylic oxidation sites excluding steroid dienone is 1. The van der Waals surface area contributed by atoms with Crippen molar-refractivity contribution in [3.05, 3.63) is 12.7 Å². The van der Waals surface area contributed by atoms with Crippen LogP contribution in [-0.2, 0) is 0 Å². The fraction of sp³-hybridized carbons (Fsp3) is 0.750. The van der Waals surface area contributed by atoms with Crippen molar-refractivity contribution < 1.29 is 0 Å². The molecule has 0 aromatic heterocycles. The average molecular weight is 110 g/mol. The number of rotatable bonds is 2. The molecule has 0 heteroatoms. The molecule has 0 radical (unpaired) electrons. The van der Waals surface area contributed by atoms with Crippen LogP contribution in [0.25, 0.3) is 0 Å². The van der Waals surface area contributed by atoms with E-state index < -0.39 is 0 Å². The standard InChI is InChI=1S/C8H14/c1-4-8(5-2)6-7(8)3/h4,7H,1,5-6H2,2-3H3. The Labute approximate surface area is 51.6 Å². The minimum atomic E-state index is 0.556. The Morgan fingerprint density at radius 2 is 2.38 bits per heavy atom. The summed E-state index contributed by atoms with van der Waals surface area (Å²) in [5, 5.41) is 0. The molecule has 1 aliphatic carbocycles. The van der Waals surface area contributed by atoms with Gasteiger partial charge in [-0.15, -0.1) is 6.58 Å². The Kier molecular flexibility index (Phi) is 1.18. The molecule has 0 N–H and O–H groups in total. The lowest BCUT2D eigenvalue weighted by molar-refractivity contribution is 0.570. The van der Waals surface area contributed by atoms with E-state index >= 15 is 0 Å². The van der Waals surface area contributed by atoms with Gasteiger partial charge in [0.2, 0.25) is 0 Å². The summed E-state index contributed by atoms with van der Waals surface area (Å²) >= 11 is 0. The molecule has 1 fully saturated rings. The summed E-state index contributed by atoms with van der Waals surface area (Å²) < 4.78 is 0. The van der Waals surface area contributed by atoms with Crippen LogP contribution in [0.3, 0.4) is 0 Å². The summed E-state index contributed by atoms with van der Waals surface area (Å²) in [5.41, 5.74) is 0.556. The Bertz CT molecular complexity index is 101. The van der Waals surface area contributed by atoms with Crippen LogP contribution >= 0.6 is 0 Å². The third-order valence-electron chi connectivity index (χ3n) is 2.57. The second kappa shape index (κ2) is 1.61. The van der Waals surface area contributed by atoms with Crippen molar-refractivity contribution in [2.75, 3.05) is 0 Å². The normalized spacial score (nSPS) is 44.0. The second-order valence-electron chi connectivity index (χ2n) is 2.90. The molecule has 0 nitrogen and oxygen atoms in total. The average Bonchev–Trinajstić information content (AvgIpc) is 2.43. The summed E-state index contributed by atoms with van der Waals surface area (Å²) in [4.78, 5) is 0. The van der Waals surface area contributed by atoms with E-state index in [1.807, 2.05) is 0 Å². The Morgan fingerprint density at radius 3 is 2.38 bits per heavy atom. The Balaban J connectivity index is 2.51. The summed E-state index contributed by atoms with van der Waals surface area (Å²) in [6, 6.07) is 0. The zero-order valence-corrected chi connectivity index (χ0v) is 5.78. The maximum Gasteiger partial charge on any atom is -0.00947 e. The molecule has 0 aromatic carbocycles. The van der Waals surface area contributed by atoms with Gasteiger partial charge in [-0.05, 0) is 24.2 Å². The van der Waals surface area contributed by atoms with Gasteiger partial charge in [0.15, 0.2) is 0 Å². The minimum absolute atomic E-state index is 0.556. The SMILES string of the molecule is C=CC1(CC)CC1C. The van der Waals surface area contributed by atoms with Gasteiger partial charge in [-0.2, -0.15) is 0 Å². The van der Waals surface area contributed by atoms with Crippen molar-refractivity contribution in [2.24, 2.45) is 11.3 Å². The first-order chi connectivity index (χ1) is 3.75. The van der Waals surface area contributed by atoms with E-state index in [2.05, 4.69) is 26.5 Å². The van der Waals surface area contributed by atoms with E-state index in [1.54, 1.807) is 0 Å². The maximum absolute atomic E-state index is 3.82. The fourth-order valence-corrected chi connectivity index (χ4v) is 1.43. The van der Waals surface area contributed by atoms with E-state index in [9.17, 15) is 0 Å². The highest BCUT2D eigenvalue weighted by molar-refractivity contribution is 5.09. The van der Waals surface area contributed by atoms with Gasteiger partial charge in [0.25, 0.3) is 0 Å². The van der Waals surface area contributed by atoms with Gasteiger partial charge in [-0.3, -0.25) is 0 Å². The molecule has 0 aromatic rings. The minimum Gasteiger partial charge on any atom is -0.103 e. The number of hydrogen-bond donors (Lipinski definition) is 0. The van der Waals surface area contributed by atoms with E-state index in [0.29, 0.717) is 5.41 Å². The summed E-state index contributed by atoms with van der Waals surface area (Å²) in [6.45, 7) is 8.35. The highest BCUT2D eigenvalue weighted by atomic mass is 14.5. The quantitative estimate of drug-likeness (QED) is 0.479. The molecule has 0 amide bonds. The van der Waals surface area contributed by atoms with Crippen molar-refractivity contribution in [3.8, 4) is 0 Å². The van der Waals surface area contributed by atoms with Crippen LogP contribution < -0.4 is 0 Å². The molecule has 8 heavy (non-hydrogen) atoms. The van der Waals surface area contributed by atoms with Gasteiger partial charge in [0.05, 0.1) is 0 Å². The molecule has 0 spiro atoms. The van der Waals surface area contributed by atoms with E-state index in [4.69, 9.17) is 0 Å². The molecule has 46 valence electrons. The molecule has 2 unspecified atom stereocenters. The van der Waals surface area contributed by atoms with Crippen LogP contribution in [0.15, 0.2) is 12.7 Å². The van der Waals surface area contributed by atoms with Gasteiger partial charge in [-0.1, -0.05) is 19.9 Å². The molecular formula is C8H14. The highest BCUT2D eigenvalue weighted by Gasteiger charge is 2.46. The first kappa shape index (κ1) is 5.87. The van der Waals surface area contributed by atoms with Crippen LogP contribution in [0.1, 0.15) is 26.7 Å². The van der Waals surface area contributed by atoms with Gasteiger partial charge >= 0.3 is 0 Å². The summed E-state index contributed by atoms with van der Waals surface area (Å²) in [6.07, 6.45) is 4.77. The zero-order valence-electron chi connectivity index (χ0n) is 5.78. The number of hydrogen-bond acceptors (Lipinski definition) is 0. The smallest absolute Gasteiger partial charge is 0.00947 e. The summed E-state index contributed by atoms with van der Waals surface area (Å²) in [7, 11) is 0. The van der Waals surface area contributed by atoms with E-state index in [1.165, 1.54) is 12.8 Å². The summed E-state index contributed by atoms with van der Waals surface area (Å²) in [5.74, 6) is 0.907. The first-order valence-corrected chi connectivity index (χ1v) is 3.39. The molecule has 1 aliphatic rings. The lowest BCUT2D eigenvalue weighted by atomic mass is 10.0. The molecule has 0 saturated heterocycles. The van der Waals surface area contributed by atoms with Crippen LogP contribution in [0.2, 0.25) is 0 Å². The fourth-order valence-electron chi connectivity index (χ4n) is 1.43. The van der Waals surface area contributed by atoms with Crippen molar-refractivity contribution in [3.63, 3.8) is 0 Å².